The van der Waals surface area contributed by atoms with Gasteiger partial charge in [0.15, 0.2) is 5.84 Å². The molecule has 0 N–H and O–H groups in total. The maximum absolute atomic E-state index is 13.2. The van der Waals surface area contributed by atoms with Crippen LogP contribution >= 0.6 is 15.9 Å². The second-order valence-electron chi connectivity index (χ2n) is 5.80. The molecule has 0 saturated heterocycles. The van der Waals surface area contributed by atoms with E-state index >= 15 is 0 Å². The Labute approximate surface area is 164 Å². The molecule has 2 heterocycles. The number of halogens is 1. The third-order valence-corrected chi connectivity index (χ3v) is 4.59. The van der Waals surface area contributed by atoms with Crippen molar-refractivity contribution in [3.8, 4) is 5.75 Å². The third-order valence-electron chi connectivity index (χ3n) is 4.10. The molecule has 0 spiro atoms. The number of hydrogen-bond donors (Lipinski definition) is 0. The first kappa shape index (κ1) is 17.3. The van der Waals surface area contributed by atoms with Crippen molar-refractivity contribution in [2.75, 3.05) is 12.0 Å². The largest absolute Gasteiger partial charge is 0.496 e. The Morgan fingerprint density at radius 1 is 1.11 bits per heavy atom. The summed E-state index contributed by atoms with van der Waals surface area (Å²) in [4.78, 5) is 19.4. The second-order valence-corrected chi connectivity index (χ2v) is 6.72. The van der Waals surface area contributed by atoms with Crippen molar-refractivity contribution in [1.29, 1.82) is 0 Å². The molecular weight excluding hydrogens is 408 g/mol. The first-order valence-corrected chi connectivity index (χ1v) is 9.04. The normalized spacial score (nSPS) is 15.3. The lowest BCUT2D eigenvalue weighted by atomic mass is 10.1. The van der Waals surface area contributed by atoms with Crippen LogP contribution < -0.4 is 9.64 Å². The highest BCUT2D eigenvalue weighted by Crippen LogP contribution is 2.32. The maximum atomic E-state index is 13.2. The molecule has 3 aromatic rings. The Balaban J connectivity index is 1.88. The Morgan fingerprint density at radius 2 is 1.96 bits per heavy atom. The Hall–Kier alpha value is -3.12. The minimum atomic E-state index is -0.231. The molecule has 0 fully saturated rings. The van der Waals surface area contributed by atoms with Gasteiger partial charge < -0.3 is 9.15 Å². The molecule has 0 radical (unpaired) electrons. The smallest absolute Gasteiger partial charge is 0.282 e. The lowest BCUT2D eigenvalue weighted by Crippen LogP contribution is -2.32. The topological polar surface area (TPSA) is 55.0 Å². The van der Waals surface area contributed by atoms with Gasteiger partial charge in [-0.05, 0) is 42.5 Å². The number of rotatable bonds is 4. The molecule has 0 unspecified atom stereocenters. The van der Waals surface area contributed by atoms with Crippen LogP contribution in [0.25, 0.3) is 6.08 Å². The quantitative estimate of drug-likeness (QED) is 0.562. The summed E-state index contributed by atoms with van der Waals surface area (Å²) in [5.41, 5.74) is 1.74. The molecule has 27 heavy (non-hydrogen) atoms. The number of furan rings is 1. The van der Waals surface area contributed by atoms with Crippen LogP contribution in [0.15, 0.2) is 86.5 Å². The summed E-state index contributed by atoms with van der Waals surface area (Å²) < 4.78 is 11.7. The predicted octanol–water partition coefficient (Wildman–Crippen LogP) is 4.89. The van der Waals surface area contributed by atoms with Crippen LogP contribution in [-0.2, 0) is 4.79 Å². The summed E-state index contributed by atoms with van der Waals surface area (Å²) in [7, 11) is 1.60. The monoisotopic (exact) mass is 422 g/mol. The Morgan fingerprint density at radius 3 is 2.70 bits per heavy atom. The van der Waals surface area contributed by atoms with Gasteiger partial charge in [0.2, 0.25) is 0 Å². The van der Waals surface area contributed by atoms with E-state index in [1.54, 1.807) is 36.5 Å². The predicted molar refractivity (Wildman–Crippen MR) is 108 cm³/mol. The number of amides is 1. The first-order valence-electron chi connectivity index (χ1n) is 8.24. The zero-order valence-corrected chi connectivity index (χ0v) is 16.0. The number of anilines is 1. The van der Waals surface area contributed by atoms with E-state index in [0.717, 1.165) is 10.0 Å². The van der Waals surface area contributed by atoms with Gasteiger partial charge in [0.05, 0.1) is 24.6 Å². The molecule has 0 bridgehead atoms. The van der Waals surface area contributed by atoms with Crippen LogP contribution in [0, 0.1) is 0 Å². The van der Waals surface area contributed by atoms with Crippen LogP contribution in [0.5, 0.6) is 5.75 Å². The Bertz CT molecular complexity index is 1050. The number of carbonyl (C=O) groups excluding carboxylic acids is 1. The molecular formula is C21H15BrN2O3. The number of carbonyl (C=O) groups is 1. The van der Waals surface area contributed by atoms with Gasteiger partial charge in [-0.25, -0.2) is 4.99 Å². The molecule has 6 heteroatoms. The van der Waals surface area contributed by atoms with Crippen LogP contribution in [0.4, 0.5) is 5.69 Å². The van der Waals surface area contributed by atoms with E-state index in [1.165, 1.54) is 0 Å². The third kappa shape index (κ3) is 3.31. The maximum Gasteiger partial charge on any atom is 0.282 e. The fourth-order valence-corrected chi connectivity index (χ4v) is 3.28. The molecule has 1 aliphatic heterocycles. The molecule has 1 aromatic heterocycles. The summed E-state index contributed by atoms with van der Waals surface area (Å²) in [5.74, 6) is 1.49. The van der Waals surface area contributed by atoms with Crippen molar-refractivity contribution in [2.45, 2.75) is 0 Å². The number of para-hydroxylation sites is 1. The van der Waals surface area contributed by atoms with Crippen molar-refractivity contribution in [3.63, 3.8) is 0 Å². The average Bonchev–Trinajstić information content (AvgIpc) is 3.30. The van der Waals surface area contributed by atoms with Crippen molar-refractivity contribution in [3.05, 3.63) is 88.4 Å². The average molecular weight is 423 g/mol. The Kier molecular flexibility index (Phi) is 4.64. The SMILES string of the molecule is COc1ccccc1C1=N/C(=C/c2ccco2)C(=O)N1c1cccc(Br)c1. The molecule has 134 valence electrons. The standard InChI is InChI=1S/C21H15BrN2O3/c1-26-19-10-3-2-9-17(19)20-23-18(13-16-8-5-11-27-16)21(25)24(20)15-7-4-6-14(22)12-15/h2-13H,1H3/b18-13+. The van der Waals surface area contributed by atoms with E-state index in [4.69, 9.17) is 9.15 Å². The summed E-state index contributed by atoms with van der Waals surface area (Å²) in [6.45, 7) is 0. The summed E-state index contributed by atoms with van der Waals surface area (Å²) >= 11 is 3.47. The van der Waals surface area contributed by atoms with Crippen LogP contribution in [0.1, 0.15) is 11.3 Å². The van der Waals surface area contributed by atoms with E-state index in [2.05, 4.69) is 20.9 Å². The van der Waals surface area contributed by atoms with Gasteiger partial charge in [-0.1, -0.05) is 34.1 Å². The number of ether oxygens (including phenoxy) is 1. The number of benzene rings is 2. The lowest BCUT2D eigenvalue weighted by Gasteiger charge is -2.20. The number of hydrogen-bond acceptors (Lipinski definition) is 4. The van der Waals surface area contributed by atoms with Crippen molar-refractivity contribution in [2.24, 2.45) is 4.99 Å². The van der Waals surface area contributed by atoms with E-state index in [-0.39, 0.29) is 5.91 Å². The zero-order chi connectivity index (χ0) is 18.8. The molecule has 1 aliphatic rings. The van der Waals surface area contributed by atoms with Gasteiger partial charge in [-0.2, -0.15) is 0 Å². The highest BCUT2D eigenvalue weighted by atomic mass is 79.9. The highest BCUT2D eigenvalue weighted by Gasteiger charge is 2.34. The van der Waals surface area contributed by atoms with Crippen molar-refractivity contribution < 1.29 is 13.9 Å². The minimum absolute atomic E-state index is 0.231. The van der Waals surface area contributed by atoms with Gasteiger partial charge in [0.25, 0.3) is 5.91 Å². The van der Waals surface area contributed by atoms with Crippen molar-refractivity contribution in [1.82, 2.24) is 0 Å². The lowest BCUT2D eigenvalue weighted by molar-refractivity contribution is -0.113. The van der Waals surface area contributed by atoms with E-state index in [9.17, 15) is 4.79 Å². The van der Waals surface area contributed by atoms with E-state index < -0.39 is 0 Å². The minimum Gasteiger partial charge on any atom is -0.496 e. The van der Waals surface area contributed by atoms with E-state index in [0.29, 0.717) is 28.7 Å². The number of methoxy groups -OCH3 is 1. The van der Waals surface area contributed by atoms with Crippen LogP contribution in [-0.4, -0.2) is 18.9 Å². The molecule has 0 atom stereocenters. The van der Waals surface area contributed by atoms with Gasteiger partial charge in [-0.15, -0.1) is 0 Å². The summed E-state index contributed by atoms with van der Waals surface area (Å²) in [6.07, 6.45) is 3.19. The molecule has 2 aromatic carbocycles. The van der Waals surface area contributed by atoms with Gasteiger partial charge in [-0.3, -0.25) is 9.69 Å². The van der Waals surface area contributed by atoms with Gasteiger partial charge in [0, 0.05) is 10.5 Å². The van der Waals surface area contributed by atoms with Gasteiger partial charge in [0.1, 0.15) is 17.2 Å². The van der Waals surface area contributed by atoms with Crippen molar-refractivity contribution >= 4 is 39.4 Å². The zero-order valence-electron chi connectivity index (χ0n) is 14.4. The number of amidine groups is 1. The molecule has 0 saturated carbocycles. The highest BCUT2D eigenvalue weighted by molar-refractivity contribution is 9.10. The second kappa shape index (κ2) is 7.25. The summed E-state index contributed by atoms with van der Waals surface area (Å²) in [6, 6.07) is 18.6. The summed E-state index contributed by atoms with van der Waals surface area (Å²) in [5, 5.41) is 0. The number of aliphatic imine (C=N–C) groups is 1. The number of nitrogens with zero attached hydrogens (tertiary/aromatic N) is 2. The van der Waals surface area contributed by atoms with Crippen LogP contribution in [0.2, 0.25) is 0 Å². The molecule has 0 aliphatic carbocycles. The molecule has 5 nitrogen and oxygen atoms in total. The molecule has 4 rings (SSSR count). The first-order chi connectivity index (χ1) is 13.2. The van der Waals surface area contributed by atoms with Gasteiger partial charge >= 0.3 is 0 Å². The molecule has 1 amide bonds. The van der Waals surface area contributed by atoms with E-state index in [1.807, 2.05) is 48.5 Å². The fourth-order valence-electron chi connectivity index (χ4n) is 2.89. The van der Waals surface area contributed by atoms with Crippen LogP contribution in [0.3, 0.4) is 0 Å². The fraction of sp³-hybridized carbons (Fsp3) is 0.0476.